The number of aromatic amines is 1. The van der Waals surface area contributed by atoms with Crippen molar-refractivity contribution < 1.29 is 9.90 Å². The summed E-state index contributed by atoms with van der Waals surface area (Å²) in [4.78, 5) is 24.2. The van der Waals surface area contributed by atoms with Crippen LogP contribution in [0.4, 0.5) is 5.95 Å². The van der Waals surface area contributed by atoms with E-state index in [9.17, 15) is 9.90 Å². The molecule has 0 saturated carbocycles. The number of aliphatic hydroxyl groups excluding tert-OH is 1. The highest BCUT2D eigenvalue weighted by Gasteiger charge is 2.19. The second-order valence-electron chi connectivity index (χ2n) is 7.07. The number of halogens is 2. The van der Waals surface area contributed by atoms with E-state index in [0.29, 0.717) is 38.1 Å². The highest BCUT2D eigenvalue weighted by Crippen LogP contribution is 2.34. The van der Waals surface area contributed by atoms with Gasteiger partial charge in [-0.05, 0) is 35.4 Å². The van der Waals surface area contributed by atoms with Crippen LogP contribution in [0.2, 0.25) is 10.0 Å². The highest BCUT2D eigenvalue weighted by atomic mass is 35.5. The maximum atomic E-state index is 12.8. The number of amides is 1. The molecule has 0 saturated heterocycles. The summed E-state index contributed by atoms with van der Waals surface area (Å²) < 4.78 is 0. The Morgan fingerprint density at radius 2 is 1.81 bits per heavy atom. The summed E-state index contributed by atoms with van der Waals surface area (Å²) in [5, 5.41) is 13.5. The zero-order chi connectivity index (χ0) is 22.7. The van der Waals surface area contributed by atoms with Crippen LogP contribution in [0.25, 0.3) is 22.4 Å². The van der Waals surface area contributed by atoms with Crippen LogP contribution in [0.1, 0.15) is 22.1 Å². The van der Waals surface area contributed by atoms with Gasteiger partial charge in [0.1, 0.15) is 5.69 Å². The van der Waals surface area contributed by atoms with Gasteiger partial charge in [0.2, 0.25) is 5.95 Å². The van der Waals surface area contributed by atoms with Crippen molar-refractivity contribution in [1.29, 1.82) is 0 Å². The molecule has 1 unspecified atom stereocenters. The van der Waals surface area contributed by atoms with Gasteiger partial charge in [0.25, 0.3) is 5.91 Å². The van der Waals surface area contributed by atoms with Gasteiger partial charge >= 0.3 is 0 Å². The predicted octanol–water partition coefficient (Wildman–Crippen LogP) is 4.49. The highest BCUT2D eigenvalue weighted by molar-refractivity contribution is 6.35. The number of nitrogens with one attached hydrogen (secondary N) is 2. The minimum atomic E-state index is -0.533. The van der Waals surface area contributed by atoms with Crippen molar-refractivity contribution in [3.63, 3.8) is 0 Å². The number of rotatable bonds is 6. The molecule has 0 bridgehead atoms. The fourth-order valence-electron chi connectivity index (χ4n) is 3.35. The third-order valence-electron chi connectivity index (χ3n) is 4.87. The van der Waals surface area contributed by atoms with Crippen molar-refractivity contribution in [2.45, 2.75) is 6.04 Å². The van der Waals surface area contributed by atoms with Gasteiger partial charge in [-0.25, -0.2) is 9.97 Å². The van der Waals surface area contributed by atoms with Crippen LogP contribution in [0, 0.1) is 0 Å². The number of hydrogen-bond donors (Lipinski definition) is 4. The molecule has 9 heteroatoms. The second-order valence-corrected chi connectivity index (χ2v) is 7.94. The van der Waals surface area contributed by atoms with Crippen LogP contribution in [0.5, 0.6) is 0 Å². The summed E-state index contributed by atoms with van der Waals surface area (Å²) in [5.74, 6) is -0.276. The van der Waals surface area contributed by atoms with Crippen LogP contribution < -0.4 is 11.1 Å². The zero-order valence-electron chi connectivity index (χ0n) is 16.7. The quantitative estimate of drug-likeness (QED) is 0.333. The molecule has 4 aromatic rings. The van der Waals surface area contributed by atoms with Crippen LogP contribution >= 0.6 is 23.2 Å². The number of carbonyl (C=O) groups is 1. The molecule has 0 spiro atoms. The molecule has 0 fully saturated rings. The summed E-state index contributed by atoms with van der Waals surface area (Å²) >= 11 is 12.3. The molecular weight excluding hydrogens is 449 g/mol. The number of anilines is 1. The molecule has 5 N–H and O–H groups in total. The first kappa shape index (κ1) is 21.8. The van der Waals surface area contributed by atoms with Crippen LogP contribution in [-0.4, -0.2) is 32.6 Å². The van der Waals surface area contributed by atoms with Gasteiger partial charge in [0, 0.05) is 33.6 Å². The van der Waals surface area contributed by atoms with Crippen molar-refractivity contribution in [3.8, 4) is 22.4 Å². The first-order chi connectivity index (χ1) is 15.4. The van der Waals surface area contributed by atoms with E-state index in [1.54, 1.807) is 36.7 Å². The Morgan fingerprint density at radius 1 is 1.09 bits per heavy atom. The van der Waals surface area contributed by atoms with Crippen LogP contribution in [0.15, 0.2) is 67.0 Å². The lowest BCUT2D eigenvalue weighted by Crippen LogP contribution is -2.30. The average molecular weight is 468 g/mol. The van der Waals surface area contributed by atoms with E-state index in [1.165, 1.54) is 0 Å². The summed E-state index contributed by atoms with van der Waals surface area (Å²) in [6.45, 7) is -0.231. The topological polar surface area (TPSA) is 117 Å². The Morgan fingerprint density at radius 3 is 2.50 bits per heavy atom. The molecule has 0 aliphatic rings. The van der Waals surface area contributed by atoms with Gasteiger partial charge in [-0.2, -0.15) is 0 Å². The van der Waals surface area contributed by atoms with E-state index in [0.717, 1.165) is 5.56 Å². The largest absolute Gasteiger partial charge is 0.394 e. The Bertz CT molecular complexity index is 1240. The summed E-state index contributed by atoms with van der Waals surface area (Å²) in [7, 11) is 0. The fraction of sp³-hybridized carbons (Fsp3) is 0.0870. The molecule has 7 nitrogen and oxygen atoms in total. The minimum absolute atomic E-state index is 0.0912. The molecular formula is C23H19Cl2N5O2. The van der Waals surface area contributed by atoms with E-state index in [4.69, 9.17) is 28.9 Å². The van der Waals surface area contributed by atoms with Gasteiger partial charge in [0.05, 0.1) is 18.3 Å². The monoisotopic (exact) mass is 467 g/mol. The minimum Gasteiger partial charge on any atom is -0.394 e. The molecule has 0 radical (unpaired) electrons. The lowest BCUT2D eigenvalue weighted by molar-refractivity contribution is 0.0912. The van der Waals surface area contributed by atoms with Gasteiger partial charge in [-0.1, -0.05) is 53.5 Å². The maximum absolute atomic E-state index is 12.8. The van der Waals surface area contributed by atoms with Crippen molar-refractivity contribution in [3.05, 3.63) is 88.3 Å². The Hall–Kier alpha value is -3.39. The molecule has 1 amide bonds. The standard InChI is InChI=1S/C23H19Cl2N5O2/c24-16-6-14(7-17(25)9-16)18-11-28-23(26)30-21(18)15-8-19(27-10-15)22(32)29-20(12-31)13-4-2-1-3-5-13/h1-11,20,27,31H,12H2,(H,29,32)(H2,26,28,30). The number of nitrogen functional groups attached to an aromatic ring is 1. The van der Waals surface area contributed by atoms with Crippen molar-refractivity contribution >= 4 is 35.1 Å². The van der Waals surface area contributed by atoms with Gasteiger partial charge in [-0.3, -0.25) is 4.79 Å². The first-order valence-electron chi connectivity index (χ1n) is 9.69. The third kappa shape index (κ3) is 4.75. The van der Waals surface area contributed by atoms with E-state index < -0.39 is 6.04 Å². The number of aromatic nitrogens is 3. The molecule has 0 aliphatic heterocycles. The Kier molecular flexibility index (Phi) is 6.41. The van der Waals surface area contributed by atoms with Crippen molar-refractivity contribution in [2.24, 2.45) is 0 Å². The number of nitrogens with zero attached hydrogens (tertiary/aromatic N) is 2. The van der Waals surface area contributed by atoms with Crippen molar-refractivity contribution in [2.75, 3.05) is 12.3 Å². The first-order valence-corrected chi connectivity index (χ1v) is 10.4. The molecule has 0 aliphatic carbocycles. The Balaban J connectivity index is 1.65. The van der Waals surface area contributed by atoms with Gasteiger partial charge < -0.3 is 21.1 Å². The molecule has 2 aromatic heterocycles. The number of aliphatic hydroxyl groups is 1. The number of H-pyrrole nitrogens is 1. The van der Waals surface area contributed by atoms with E-state index in [2.05, 4.69) is 20.3 Å². The van der Waals surface area contributed by atoms with Gasteiger partial charge in [0.15, 0.2) is 0 Å². The molecule has 162 valence electrons. The second kappa shape index (κ2) is 9.40. The number of benzene rings is 2. The predicted molar refractivity (Wildman–Crippen MR) is 125 cm³/mol. The lowest BCUT2D eigenvalue weighted by atomic mass is 10.0. The molecule has 1 atom stereocenters. The normalized spacial score (nSPS) is 11.8. The summed E-state index contributed by atoms with van der Waals surface area (Å²) in [5.41, 5.74) is 9.47. The average Bonchev–Trinajstić information content (AvgIpc) is 3.27. The number of nitrogens with two attached hydrogens (primary N) is 1. The maximum Gasteiger partial charge on any atom is 0.268 e. The number of hydrogen-bond acceptors (Lipinski definition) is 5. The fourth-order valence-corrected chi connectivity index (χ4v) is 3.88. The summed E-state index contributed by atoms with van der Waals surface area (Å²) in [6.07, 6.45) is 3.24. The number of carbonyl (C=O) groups excluding carboxylic acids is 1. The van der Waals surface area contributed by atoms with Gasteiger partial charge in [-0.15, -0.1) is 0 Å². The smallest absolute Gasteiger partial charge is 0.268 e. The van der Waals surface area contributed by atoms with E-state index in [1.807, 2.05) is 30.3 Å². The molecule has 4 rings (SSSR count). The molecule has 2 heterocycles. The zero-order valence-corrected chi connectivity index (χ0v) is 18.2. The van der Waals surface area contributed by atoms with Crippen LogP contribution in [0.3, 0.4) is 0 Å². The SMILES string of the molecule is Nc1ncc(-c2cc(Cl)cc(Cl)c2)c(-c2c[nH]c(C(=O)NC(CO)c3ccccc3)c2)n1. The third-order valence-corrected chi connectivity index (χ3v) is 5.31. The lowest BCUT2D eigenvalue weighted by Gasteiger charge is -2.16. The molecule has 32 heavy (non-hydrogen) atoms. The Labute approximate surface area is 194 Å². The summed E-state index contributed by atoms with van der Waals surface area (Å²) in [6, 6.07) is 15.5. The van der Waals surface area contributed by atoms with E-state index in [-0.39, 0.29) is 18.5 Å². The molecule has 2 aromatic carbocycles. The van der Waals surface area contributed by atoms with Crippen LogP contribution in [-0.2, 0) is 0 Å². The van der Waals surface area contributed by atoms with E-state index >= 15 is 0 Å². The van der Waals surface area contributed by atoms with Crippen molar-refractivity contribution in [1.82, 2.24) is 20.3 Å².